The number of halogens is 2. The minimum Gasteiger partial charge on any atom is -0.512 e. The number of esters is 1. The highest BCUT2D eigenvalue weighted by Gasteiger charge is 2.41. The molecule has 47 heavy (non-hydrogen) atoms. The normalized spacial score (nSPS) is 14.4. The van der Waals surface area contributed by atoms with E-state index < -0.39 is 21.6 Å². The first-order chi connectivity index (χ1) is 22.5. The number of aliphatic hydroxyl groups excluding tert-OH is 1. The average Bonchev–Trinajstić information content (AvgIpc) is 3.05. The summed E-state index contributed by atoms with van der Waals surface area (Å²) in [6.45, 7) is 0. The molecule has 0 amide bonds. The number of aliphatic hydroxyl groups is 1. The van der Waals surface area contributed by atoms with Gasteiger partial charge in [-0.1, -0.05) is 36.4 Å². The topological polar surface area (TPSA) is 129 Å². The third-order valence-corrected chi connectivity index (χ3v) is 9.47. The van der Waals surface area contributed by atoms with Crippen molar-refractivity contribution in [2.75, 3.05) is 4.72 Å². The lowest BCUT2D eigenvalue weighted by atomic mass is 9.82. The molecule has 4 aromatic rings. The number of hydrogen-bond acceptors (Lipinski definition) is 7. The maximum Gasteiger partial charge on any atom is 0.337 e. The van der Waals surface area contributed by atoms with Gasteiger partial charge < -0.3 is 9.84 Å². The molecule has 5 rings (SSSR count). The number of aryl methyl sites for hydroxylation is 3. The summed E-state index contributed by atoms with van der Waals surface area (Å²) in [4.78, 5) is 17.2. The predicted octanol–water partition coefficient (Wildman–Crippen LogP) is 7.12. The lowest BCUT2D eigenvalue weighted by molar-refractivity contribution is -0.160. The Balaban J connectivity index is 1.24. The van der Waals surface area contributed by atoms with E-state index in [1.807, 2.05) is 12.1 Å². The zero-order valence-corrected chi connectivity index (χ0v) is 26.3. The number of hydrogen-bond donors (Lipinski definition) is 2. The molecular weight excluding hydrogens is 624 g/mol. The minimum atomic E-state index is -3.97. The number of nitrogens with one attached hydrogen (secondary N) is 1. The van der Waals surface area contributed by atoms with Gasteiger partial charge in [0.25, 0.3) is 10.0 Å². The summed E-state index contributed by atoms with van der Waals surface area (Å²) in [5, 5.41) is 19.8. The van der Waals surface area contributed by atoms with E-state index in [0.717, 1.165) is 16.7 Å². The zero-order valence-electron chi connectivity index (χ0n) is 25.5. The molecule has 0 bridgehead atoms. The number of nitriles is 1. The lowest BCUT2D eigenvalue weighted by Crippen LogP contribution is -2.41. The summed E-state index contributed by atoms with van der Waals surface area (Å²) >= 11 is 0. The SMILES string of the molecule is N#Cc1ccc(S(=O)(=O)Nc2cccc(CCCC3=C(O)CC(CCc4ccc(F)cc4)(CCc4ccc(F)cc4)OC3=O)c2)nc1. The van der Waals surface area contributed by atoms with E-state index in [-0.39, 0.29) is 46.4 Å². The first-order valence-electron chi connectivity index (χ1n) is 15.2. The Morgan fingerprint density at radius 3 is 2.06 bits per heavy atom. The van der Waals surface area contributed by atoms with Crippen molar-refractivity contribution in [2.24, 2.45) is 0 Å². The number of pyridine rings is 1. The van der Waals surface area contributed by atoms with Gasteiger partial charge in [-0.05, 0) is 110 Å². The van der Waals surface area contributed by atoms with Crippen LogP contribution in [-0.2, 0) is 38.8 Å². The average molecular weight is 658 g/mol. The van der Waals surface area contributed by atoms with Gasteiger partial charge in [-0.25, -0.2) is 18.6 Å². The monoisotopic (exact) mass is 657 g/mol. The number of aromatic nitrogens is 1. The summed E-state index contributed by atoms with van der Waals surface area (Å²) < 4.78 is 61.0. The number of nitrogens with zero attached hydrogens (tertiary/aromatic N) is 2. The van der Waals surface area contributed by atoms with Gasteiger partial charge in [0.2, 0.25) is 0 Å². The molecule has 0 atom stereocenters. The van der Waals surface area contributed by atoms with Crippen LogP contribution in [0.4, 0.5) is 14.5 Å². The molecule has 1 aliphatic heterocycles. The summed E-state index contributed by atoms with van der Waals surface area (Å²) in [6.07, 6.45) is 4.36. The van der Waals surface area contributed by atoms with Crippen molar-refractivity contribution < 1.29 is 31.8 Å². The summed E-state index contributed by atoms with van der Waals surface area (Å²) in [6, 6.07) is 23.6. The van der Waals surface area contributed by atoms with E-state index in [9.17, 15) is 27.1 Å². The van der Waals surface area contributed by atoms with Gasteiger partial charge in [0, 0.05) is 18.3 Å². The largest absolute Gasteiger partial charge is 0.512 e. The van der Waals surface area contributed by atoms with Gasteiger partial charge in [-0.15, -0.1) is 0 Å². The number of carbonyl (C=O) groups is 1. The first kappa shape index (κ1) is 33.3. The summed E-state index contributed by atoms with van der Waals surface area (Å²) in [5.41, 5.74) is 2.34. The van der Waals surface area contributed by atoms with Gasteiger partial charge in [0.1, 0.15) is 29.1 Å². The smallest absolute Gasteiger partial charge is 0.337 e. The third kappa shape index (κ3) is 8.80. The Morgan fingerprint density at radius 1 is 0.872 bits per heavy atom. The lowest BCUT2D eigenvalue weighted by Gasteiger charge is -2.37. The van der Waals surface area contributed by atoms with Crippen LogP contribution in [0.1, 0.15) is 54.4 Å². The van der Waals surface area contributed by atoms with E-state index >= 15 is 0 Å². The van der Waals surface area contributed by atoms with Crippen LogP contribution >= 0.6 is 0 Å². The molecule has 8 nitrogen and oxygen atoms in total. The molecule has 11 heteroatoms. The van der Waals surface area contributed by atoms with Crippen molar-refractivity contribution in [1.82, 2.24) is 4.98 Å². The molecule has 0 saturated carbocycles. The fourth-order valence-corrected chi connectivity index (χ4v) is 6.57. The van der Waals surface area contributed by atoms with Crippen LogP contribution in [0.25, 0.3) is 0 Å². The molecule has 1 aromatic heterocycles. The highest BCUT2D eigenvalue weighted by Crippen LogP contribution is 2.38. The molecule has 2 N–H and O–H groups in total. The van der Waals surface area contributed by atoms with Crippen LogP contribution in [0.15, 0.2) is 107 Å². The number of anilines is 1. The van der Waals surface area contributed by atoms with Crippen LogP contribution in [0.2, 0.25) is 0 Å². The maximum absolute atomic E-state index is 13.4. The fraction of sp³-hybridized carbons (Fsp3) is 0.250. The van der Waals surface area contributed by atoms with Crippen LogP contribution in [0.5, 0.6) is 0 Å². The molecule has 2 heterocycles. The van der Waals surface area contributed by atoms with Gasteiger partial charge in [-0.3, -0.25) is 4.72 Å². The second kappa shape index (κ2) is 14.6. The second-order valence-corrected chi connectivity index (χ2v) is 13.2. The van der Waals surface area contributed by atoms with Crippen molar-refractivity contribution in [3.05, 3.63) is 136 Å². The molecule has 3 aromatic carbocycles. The molecule has 0 spiro atoms. The standard InChI is InChI=1S/C36H33F2N3O5S/c37-29-12-7-25(8-13-29)17-19-36(20-18-26-9-14-30(38)15-10-26)22-33(42)32(35(43)46-36)6-2-4-27-3-1-5-31(21-27)41-47(44,45)34-16-11-28(23-39)24-40-34/h1,3,5,7-16,21,24,41-42H,2,4,6,17-20,22H2. The van der Waals surface area contributed by atoms with Gasteiger partial charge in [0.15, 0.2) is 5.03 Å². The van der Waals surface area contributed by atoms with E-state index in [2.05, 4.69) is 9.71 Å². The van der Waals surface area contributed by atoms with Crippen molar-refractivity contribution >= 4 is 21.7 Å². The van der Waals surface area contributed by atoms with Crippen molar-refractivity contribution in [3.63, 3.8) is 0 Å². The molecule has 0 radical (unpaired) electrons. The number of sulfonamides is 1. The molecule has 0 unspecified atom stereocenters. The quantitative estimate of drug-likeness (QED) is 0.147. The Kier molecular flexibility index (Phi) is 10.3. The van der Waals surface area contributed by atoms with Crippen LogP contribution in [0, 0.1) is 23.0 Å². The highest BCUT2D eigenvalue weighted by molar-refractivity contribution is 7.92. The van der Waals surface area contributed by atoms with Gasteiger partial charge in [-0.2, -0.15) is 13.7 Å². The summed E-state index contributed by atoms with van der Waals surface area (Å²) in [7, 11) is -3.97. The zero-order chi connectivity index (χ0) is 33.4. The number of carbonyl (C=O) groups excluding carboxylic acids is 1. The minimum absolute atomic E-state index is 0.0316. The number of ether oxygens (including phenoxy) is 1. The molecule has 242 valence electrons. The maximum atomic E-state index is 13.4. The van der Waals surface area contributed by atoms with Crippen LogP contribution in [-0.4, -0.2) is 30.1 Å². The van der Waals surface area contributed by atoms with Crippen LogP contribution in [0.3, 0.4) is 0 Å². The highest BCUT2D eigenvalue weighted by atomic mass is 32.2. The Bertz CT molecular complexity index is 1850. The van der Waals surface area contributed by atoms with Crippen molar-refractivity contribution in [1.29, 1.82) is 5.26 Å². The van der Waals surface area contributed by atoms with Crippen molar-refractivity contribution in [3.8, 4) is 6.07 Å². The molecule has 1 aliphatic rings. The molecular formula is C36H33F2N3O5S. The summed E-state index contributed by atoms with van der Waals surface area (Å²) in [5.74, 6) is -1.32. The predicted molar refractivity (Wildman–Crippen MR) is 172 cm³/mol. The Labute approximate surface area is 272 Å². The molecule has 0 aliphatic carbocycles. The number of rotatable bonds is 13. The fourth-order valence-electron chi connectivity index (χ4n) is 5.59. The van der Waals surface area contributed by atoms with E-state index in [4.69, 9.17) is 10.00 Å². The number of benzene rings is 3. The van der Waals surface area contributed by atoms with Gasteiger partial charge in [0.05, 0.1) is 11.1 Å². The Morgan fingerprint density at radius 2 is 1.51 bits per heavy atom. The molecule has 0 fully saturated rings. The third-order valence-electron chi connectivity index (χ3n) is 8.17. The van der Waals surface area contributed by atoms with E-state index in [1.54, 1.807) is 42.5 Å². The second-order valence-electron chi connectivity index (χ2n) is 11.6. The number of cyclic esters (lactones) is 1. The Hall–Kier alpha value is -5.08. The van der Waals surface area contributed by atoms with E-state index in [0.29, 0.717) is 44.2 Å². The van der Waals surface area contributed by atoms with Crippen LogP contribution < -0.4 is 4.72 Å². The molecule has 0 saturated heterocycles. The van der Waals surface area contributed by atoms with E-state index in [1.165, 1.54) is 42.6 Å². The first-order valence-corrected chi connectivity index (χ1v) is 16.6. The van der Waals surface area contributed by atoms with Gasteiger partial charge >= 0.3 is 5.97 Å². The van der Waals surface area contributed by atoms with Crippen molar-refractivity contribution in [2.45, 2.75) is 62.0 Å².